The van der Waals surface area contributed by atoms with E-state index in [1.165, 1.54) is 31.4 Å². The highest BCUT2D eigenvalue weighted by molar-refractivity contribution is 7.89. The molecule has 0 unspecified atom stereocenters. The summed E-state index contributed by atoms with van der Waals surface area (Å²) < 4.78 is 38.5. The van der Waals surface area contributed by atoms with Gasteiger partial charge >= 0.3 is 0 Å². The molecule has 2 N–H and O–H groups in total. The van der Waals surface area contributed by atoms with Gasteiger partial charge in [0, 0.05) is 18.7 Å². The highest BCUT2D eigenvalue weighted by atomic mass is 32.2. The summed E-state index contributed by atoms with van der Waals surface area (Å²) in [4.78, 5) is 12.1. The van der Waals surface area contributed by atoms with Crippen LogP contribution in [0.3, 0.4) is 0 Å². The molecule has 29 heavy (non-hydrogen) atoms. The summed E-state index contributed by atoms with van der Waals surface area (Å²) in [5.74, 6) is 1.16. The molecular weight excluding hydrogens is 392 g/mol. The summed E-state index contributed by atoms with van der Waals surface area (Å²) in [6.45, 7) is 6.34. The number of nitrogens with one attached hydrogen (secondary N) is 2. The number of ether oxygens (including phenoxy) is 2. The van der Waals surface area contributed by atoms with Crippen molar-refractivity contribution < 1.29 is 22.7 Å². The SMILES string of the molecule is COc1ccccc1CNS(=O)(=O)c1ccc(O[C@@H](C)C(=O)NCC(C)C)cc1. The Kier molecular flexibility index (Phi) is 8.04. The van der Waals surface area contributed by atoms with Crippen molar-refractivity contribution in [3.63, 3.8) is 0 Å². The lowest BCUT2D eigenvalue weighted by molar-refractivity contribution is -0.127. The Morgan fingerprint density at radius 2 is 1.69 bits per heavy atom. The molecule has 2 rings (SSSR count). The Hall–Kier alpha value is -2.58. The summed E-state index contributed by atoms with van der Waals surface area (Å²) in [5, 5.41) is 2.80. The number of carbonyl (C=O) groups is 1. The van der Waals surface area contributed by atoms with E-state index in [-0.39, 0.29) is 17.3 Å². The molecule has 2 aromatic carbocycles. The lowest BCUT2D eigenvalue weighted by Crippen LogP contribution is -2.38. The maximum absolute atomic E-state index is 12.5. The van der Waals surface area contributed by atoms with Crippen LogP contribution in [0.2, 0.25) is 0 Å². The lowest BCUT2D eigenvalue weighted by atomic mass is 10.2. The summed E-state index contributed by atoms with van der Waals surface area (Å²) in [7, 11) is -2.17. The highest BCUT2D eigenvalue weighted by Gasteiger charge is 2.17. The Bertz CT molecular complexity index is 911. The quantitative estimate of drug-likeness (QED) is 0.616. The largest absolute Gasteiger partial charge is 0.496 e. The summed E-state index contributed by atoms with van der Waals surface area (Å²) in [6.07, 6.45) is -0.681. The van der Waals surface area contributed by atoms with Crippen molar-refractivity contribution in [1.29, 1.82) is 0 Å². The maximum atomic E-state index is 12.5. The number of carbonyl (C=O) groups excluding carboxylic acids is 1. The van der Waals surface area contributed by atoms with E-state index in [2.05, 4.69) is 10.0 Å². The van der Waals surface area contributed by atoms with E-state index in [1.807, 2.05) is 26.0 Å². The van der Waals surface area contributed by atoms with Gasteiger partial charge in [-0.25, -0.2) is 13.1 Å². The topological polar surface area (TPSA) is 93.7 Å². The molecule has 2 aromatic rings. The smallest absolute Gasteiger partial charge is 0.260 e. The molecular formula is C21H28N2O5S. The van der Waals surface area contributed by atoms with Crippen LogP contribution < -0.4 is 19.5 Å². The van der Waals surface area contributed by atoms with Gasteiger partial charge in [-0.2, -0.15) is 0 Å². The number of methoxy groups -OCH3 is 1. The Labute approximate surface area is 172 Å². The van der Waals surface area contributed by atoms with Gasteiger partial charge < -0.3 is 14.8 Å². The Balaban J connectivity index is 1.98. The van der Waals surface area contributed by atoms with E-state index in [4.69, 9.17) is 9.47 Å². The van der Waals surface area contributed by atoms with Gasteiger partial charge in [0.2, 0.25) is 10.0 Å². The fourth-order valence-electron chi connectivity index (χ4n) is 2.51. The third-order valence-corrected chi connectivity index (χ3v) is 5.56. The minimum atomic E-state index is -3.70. The van der Waals surface area contributed by atoms with Crippen LogP contribution in [-0.4, -0.2) is 34.1 Å². The van der Waals surface area contributed by atoms with Crippen molar-refractivity contribution >= 4 is 15.9 Å². The molecule has 0 heterocycles. The van der Waals surface area contributed by atoms with Crippen LogP contribution in [0.25, 0.3) is 0 Å². The average Bonchev–Trinajstić information content (AvgIpc) is 2.71. The van der Waals surface area contributed by atoms with E-state index in [9.17, 15) is 13.2 Å². The molecule has 0 spiro atoms. The lowest BCUT2D eigenvalue weighted by Gasteiger charge is -2.16. The number of sulfonamides is 1. The fourth-order valence-corrected chi connectivity index (χ4v) is 3.52. The number of amides is 1. The molecule has 0 aliphatic carbocycles. The van der Waals surface area contributed by atoms with Gasteiger partial charge in [0.15, 0.2) is 6.10 Å². The van der Waals surface area contributed by atoms with Crippen molar-refractivity contribution in [2.24, 2.45) is 5.92 Å². The van der Waals surface area contributed by atoms with E-state index in [0.29, 0.717) is 24.0 Å². The zero-order valence-electron chi connectivity index (χ0n) is 17.1. The fraction of sp³-hybridized carbons (Fsp3) is 0.381. The molecule has 0 fully saturated rings. The number of para-hydroxylation sites is 1. The molecule has 0 aliphatic heterocycles. The molecule has 0 aromatic heterocycles. The van der Waals surface area contributed by atoms with Gasteiger partial charge in [-0.05, 0) is 43.2 Å². The second kappa shape index (κ2) is 10.3. The minimum absolute atomic E-state index is 0.108. The average molecular weight is 421 g/mol. The van der Waals surface area contributed by atoms with Gasteiger partial charge in [-0.15, -0.1) is 0 Å². The second-order valence-electron chi connectivity index (χ2n) is 7.01. The maximum Gasteiger partial charge on any atom is 0.260 e. The van der Waals surface area contributed by atoms with Crippen LogP contribution in [0.1, 0.15) is 26.3 Å². The van der Waals surface area contributed by atoms with Crippen molar-refractivity contribution in [2.75, 3.05) is 13.7 Å². The zero-order chi connectivity index (χ0) is 21.4. The molecule has 1 atom stereocenters. The molecule has 7 nitrogen and oxygen atoms in total. The first-order valence-corrected chi connectivity index (χ1v) is 10.9. The summed E-state index contributed by atoms with van der Waals surface area (Å²) in [6, 6.07) is 13.2. The number of hydrogen-bond donors (Lipinski definition) is 2. The van der Waals surface area contributed by atoms with Crippen molar-refractivity contribution in [3.05, 3.63) is 54.1 Å². The molecule has 0 saturated carbocycles. The van der Waals surface area contributed by atoms with Crippen molar-refractivity contribution in [3.8, 4) is 11.5 Å². The second-order valence-corrected chi connectivity index (χ2v) is 8.77. The molecule has 0 saturated heterocycles. The third-order valence-electron chi connectivity index (χ3n) is 4.15. The molecule has 0 bridgehead atoms. The standard InChI is InChI=1S/C21H28N2O5S/c1-15(2)13-22-21(24)16(3)28-18-9-11-19(12-10-18)29(25,26)23-14-17-7-5-6-8-20(17)27-4/h5-12,15-16,23H,13-14H2,1-4H3,(H,22,24)/t16-/m0/s1. The first-order valence-electron chi connectivity index (χ1n) is 9.39. The van der Waals surface area contributed by atoms with Gasteiger partial charge in [-0.3, -0.25) is 4.79 Å². The van der Waals surface area contributed by atoms with Gasteiger partial charge in [0.25, 0.3) is 5.91 Å². The first kappa shape index (κ1) is 22.7. The predicted molar refractivity (Wildman–Crippen MR) is 111 cm³/mol. The monoisotopic (exact) mass is 420 g/mol. The molecule has 1 amide bonds. The van der Waals surface area contributed by atoms with E-state index in [0.717, 1.165) is 5.56 Å². The normalized spacial score (nSPS) is 12.4. The van der Waals surface area contributed by atoms with Crippen LogP contribution in [0.4, 0.5) is 0 Å². The number of hydrogen-bond acceptors (Lipinski definition) is 5. The van der Waals surface area contributed by atoms with Gasteiger partial charge in [0.05, 0.1) is 12.0 Å². The highest BCUT2D eigenvalue weighted by Crippen LogP contribution is 2.20. The summed E-state index contributed by atoms with van der Waals surface area (Å²) in [5.41, 5.74) is 0.736. The molecule has 8 heteroatoms. The minimum Gasteiger partial charge on any atom is -0.496 e. The van der Waals surface area contributed by atoms with Crippen LogP contribution >= 0.6 is 0 Å². The van der Waals surface area contributed by atoms with Crippen LogP contribution in [0, 0.1) is 5.92 Å². The predicted octanol–water partition coefficient (Wildman–Crippen LogP) is 2.71. The van der Waals surface area contributed by atoms with E-state index in [1.54, 1.807) is 19.1 Å². The number of benzene rings is 2. The molecule has 158 valence electrons. The van der Waals surface area contributed by atoms with Crippen LogP contribution in [0.15, 0.2) is 53.4 Å². The van der Waals surface area contributed by atoms with E-state index >= 15 is 0 Å². The molecule has 0 aliphatic rings. The Morgan fingerprint density at radius 1 is 1.03 bits per heavy atom. The summed E-state index contributed by atoms with van der Waals surface area (Å²) >= 11 is 0. The van der Waals surface area contributed by atoms with Crippen LogP contribution in [0.5, 0.6) is 11.5 Å². The third kappa shape index (κ3) is 6.76. The number of rotatable bonds is 10. The van der Waals surface area contributed by atoms with Crippen molar-refractivity contribution in [1.82, 2.24) is 10.0 Å². The van der Waals surface area contributed by atoms with Gasteiger partial charge in [0.1, 0.15) is 11.5 Å². The van der Waals surface area contributed by atoms with E-state index < -0.39 is 16.1 Å². The van der Waals surface area contributed by atoms with Crippen LogP contribution in [-0.2, 0) is 21.4 Å². The molecule has 0 radical (unpaired) electrons. The Morgan fingerprint density at radius 3 is 2.31 bits per heavy atom. The van der Waals surface area contributed by atoms with Gasteiger partial charge in [-0.1, -0.05) is 32.0 Å². The zero-order valence-corrected chi connectivity index (χ0v) is 18.0. The van der Waals surface area contributed by atoms with Crippen molar-refractivity contribution in [2.45, 2.75) is 38.3 Å². The first-order chi connectivity index (χ1) is 13.7.